The van der Waals surface area contributed by atoms with Crippen molar-refractivity contribution in [3.63, 3.8) is 0 Å². The number of piperidine rings is 1. The molecular weight excluding hydrogens is 242 g/mol. The van der Waals surface area contributed by atoms with Gasteiger partial charge in [0.1, 0.15) is 0 Å². The fraction of sp³-hybridized carbons (Fsp3) is 0.571. The zero-order chi connectivity index (χ0) is 13.8. The lowest BCUT2D eigenvalue weighted by molar-refractivity contribution is -0.385. The maximum absolute atomic E-state index is 11.0. The van der Waals surface area contributed by atoms with E-state index in [1.54, 1.807) is 12.1 Å². The van der Waals surface area contributed by atoms with Crippen molar-refractivity contribution in [3.05, 3.63) is 33.9 Å². The smallest absolute Gasteiger partial charge is 0.274 e. The van der Waals surface area contributed by atoms with Crippen LogP contribution >= 0.6 is 0 Å². The van der Waals surface area contributed by atoms with Gasteiger partial charge in [0.2, 0.25) is 0 Å². The summed E-state index contributed by atoms with van der Waals surface area (Å²) in [5.41, 5.74) is 1.96. The van der Waals surface area contributed by atoms with E-state index in [4.69, 9.17) is 0 Å². The molecule has 0 radical (unpaired) electrons. The third-order valence-corrected chi connectivity index (χ3v) is 3.84. The van der Waals surface area contributed by atoms with Gasteiger partial charge in [-0.15, -0.1) is 0 Å². The average Bonchev–Trinajstić information content (AvgIpc) is 2.42. The first-order valence-corrected chi connectivity index (χ1v) is 6.86. The van der Waals surface area contributed by atoms with Crippen LogP contribution in [-0.4, -0.2) is 30.6 Å². The summed E-state index contributed by atoms with van der Waals surface area (Å²) in [5.74, 6) is 0. The first-order chi connectivity index (χ1) is 9.15. The highest BCUT2D eigenvalue weighted by Crippen LogP contribution is 2.30. The predicted molar refractivity (Wildman–Crippen MR) is 76.7 cm³/mol. The molecule has 1 unspecified atom stereocenters. The lowest BCUT2D eigenvalue weighted by Crippen LogP contribution is -2.46. The molecule has 1 aliphatic heterocycles. The second-order valence-electron chi connectivity index (χ2n) is 4.96. The van der Waals surface area contributed by atoms with Gasteiger partial charge in [0.05, 0.1) is 10.5 Å². The zero-order valence-corrected chi connectivity index (χ0v) is 11.6. The van der Waals surface area contributed by atoms with Gasteiger partial charge in [-0.3, -0.25) is 10.1 Å². The molecule has 1 fully saturated rings. The van der Waals surface area contributed by atoms with E-state index in [2.05, 4.69) is 17.1 Å². The van der Waals surface area contributed by atoms with Gasteiger partial charge in [-0.25, -0.2) is 0 Å². The Kier molecular flexibility index (Phi) is 4.37. The van der Waals surface area contributed by atoms with Crippen LogP contribution in [0.2, 0.25) is 0 Å². The van der Waals surface area contributed by atoms with Gasteiger partial charge >= 0.3 is 0 Å². The first kappa shape index (κ1) is 13.8. The van der Waals surface area contributed by atoms with E-state index in [-0.39, 0.29) is 10.6 Å². The van der Waals surface area contributed by atoms with Crippen molar-refractivity contribution < 1.29 is 4.92 Å². The molecule has 0 amide bonds. The molecule has 1 heterocycles. The summed E-state index contributed by atoms with van der Waals surface area (Å²) in [4.78, 5) is 13.0. The van der Waals surface area contributed by atoms with Crippen molar-refractivity contribution >= 4 is 11.4 Å². The summed E-state index contributed by atoms with van der Waals surface area (Å²) in [7, 11) is 0. The van der Waals surface area contributed by atoms with E-state index < -0.39 is 0 Å². The van der Waals surface area contributed by atoms with E-state index in [1.165, 1.54) is 0 Å². The number of nitro groups is 1. The van der Waals surface area contributed by atoms with Crippen LogP contribution in [0, 0.1) is 17.0 Å². The van der Waals surface area contributed by atoms with Gasteiger partial charge in [-0.05, 0) is 39.3 Å². The summed E-state index contributed by atoms with van der Waals surface area (Å²) < 4.78 is 0. The number of hydrogen-bond acceptors (Lipinski definition) is 4. The van der Waals surface area contributed by atoms with Crippen LogP contribution in [0.3, 0.4) is 0 Å². The van der Waals surface area contributed by atoms with E-state index >= 15 is 0 Å². The normalized spacial score (nSPS) is 19.2. The highest BCUT2D eigenvalue weighted by Gasteiger charge is 2.23. The topological polar surface area (TPSA) is 58.4 Å². The number of nitrogens with one attached hydrogen (secondary N) is 1. The molecule has 1 saturated heterocycles. The zero-order valence-electron chi connectivity index (χ0n) is 11.6. The van der Waals surface area contributed by atoms with Gasteiger partial charge in [0, 0.05) is 30.9 Å². The fourth-order valence-corrected chi connectivity index (χ4v) is 2.85. The molecule has 1 aromatic carbocycles. The predicted octanol–water partition coefficient (Wildman–Crippen LogP) is 2.48. The van der Waals surface area contributed by atoms with Crippen LogP contribution in [0.4, 0.5) is 11.4 Å². The van der Waals surface area contributed by atoms with Gasteiger partial charge in [0.25, 0.3) is 5.69 Å². The molecule has 1 aliphatic rings. The quantitative estimate of drug-likeness (QED) is 0.669. The number of benzene rings is 1. The van der Waals surface area contributed by atoms with Crippen molar-refractivity contribution in [2.75, 3.05) is 24.5 Å². The highest BCUT2D eigenvalue weighted by atomic mass is 16.6. The van der Waals surface area contributed by atoms with Crippen molar-refractivity contribution in [3.8, 4) is 0 Å². The Bertz CT molecular complexity index is 456. The minimum atomic E-state index is -0.300. The van der Waals surface area contributed by atoms with Crippen molar-refractivity contribution in [1.82, 2.24) is 5.32 Å². The highest BCUT2D eigenvalue weighted by molar-refractivity contribution is 5.62. The molecule has 5 nitrogen and oxygen atoms in total. The average molecular weight is 263 g/mol. The summed E-state index contributed by atoms with van der Waals surface area (Å²) in [6.45, 7) is 6.84. The monoisotopic (exact) mass is 263 g/mol. The van der Waals surface area contributed by atoms with Crippen LogP contribution in [0.1, 0.15) is 25.3 Å². The standard InChI is InChI=1S/C14H21N3O2/c1-3-16(12-6-5-9-15-10-12)13-7-4-8-14(11(13)2)17(18)19/h4,7-8,12,15H,3,5-6,9-10H2,1-2H3. The fourth-order valence-electron chi connectivity index (χ4n) is 2.85. The van der Waals surface area contributed by atoms with Crippen LogP contribution in [0.15, 0.2) is 18.2 Å². The molecule has 19 heavy (non-hydrogen) atoms. The van der Waals surface area contributed by atoms with E-state index in [9.17, 15) is 10.1 Å². The number of nitrogens with zero attached hydrogens (tertiary/aromatic N) is 2. The molecular formula is C14H21N3O2. The summed E-state index contributed by atoms with van der Waals surface area (Å²) in [6.07, 6.45) is 2.30. The Morgan fingerprint density at radius 1 is 1.53 bits per heavy atom. The Morgan fingerprint density at radius 2 is 2.32 bits per heavy atom. The molecule has 0 aliphatic carbocycles. The molecule has 1 N–H and O–H groups in total. The maximum atomic E-state index is 11.0. The Hall–Kier alpha value is -1.62. The molecule has 0 aromatic heterocycles. The Morgan fingerprint density at radius 3 is 2.89 bits per heavy atom. The molecule has 104 valence electrons. The molecule has 1 atom stereocenters. The van der Waals surface area contributed by atoms with E-state index in [0.29, 0.717) is 6.04 Å². The second kappa shape index (κ2) is 6.02. The van der Waals surface area contributed by atoms with Gasteiger partial charge in [-0.2, -0.15) is 0 Å². The molecule has 0 spiro atoms. The van der Waals surface area contributed by atoms with Gasteiger partial charge < -0.3 is 10.2 Å². The first-order valence-electron chi connectivity index (χ1n) is 6.86. The Balaban J connectivity index is 2.32. The van der Waals surface area contributed by atoms with Crippen molar-refractivity contribution in [2.24, 2.45) is 0 Å². The van der Waals surface area contributed by atoms with Crippen LogP contribution < -0.4 is 10.2 Å². The summed E-state index contributed by atoms with van der Waals surface area (Å²) >= 11 is 0. The largest absolute Gasteiger partial charge is 0.367 e. The van der Waals surface area contributed by atoms with Crippen molar-refractivity contribution in [1.29, 1.82) is 0 Å². The Labute approximate surface area is 113 Å². The number of likely N-dealkylation sites (N-methyl/N-ethyl adjacent to an activating group) is 1. The molecule has 0 saturated carbocycles. The number of rotatable bonds is 4. The molecule has 5 heteroatoms. The van der Waals surface area contributed by atoms with Gasteiger partial charge in [-0.1, -0.05) is 6.07 Å². The third kappa shape index (κ3) is 2.87. The number of hydrogen-bond donors (Lipinski definition) is 1. The molecule has 1 aromatic rings. The second-order valence-corrected chi connectivity index (χ2v) is 4.96. The van der Waals surface area contributed by atoms with Crippen molar-refractivity contribution in [2.45, 2.75) is 32.7 Å². The van der Waals surface area contributed by atoms with Crippen LogP contribution in [0.5, 0.6) is 0 Å². The molecule has 0 bridgehead atoms. The van der Waals surface area contributed by atoms with E-state index in [0.717, 1.165) is 43.7 Å². The minimum absolute atomic E-state index is 0.208. The lowest BCUT2D eigenvalue weighted by Gasteiger charge is -2.36. The number of anilines is 1. The van der Waals surface area contributed by atoms with Gasteiger partial charge in [0.15, 0.2) is 0 Å². The third-order valence-electron chi connectivity index (χ3n) is 3.84. The van der Waals surface area contributed by atoms with E-state index in [1.807, 2.05) is 13.0 Å². The maximum Gasteiger partial charge on any atom is 0.274 e. The van der Waals surface area contributed by atoms with Crippen LogP contribution in [0.25, 0.3) is 0 Å². The number of nitro benzene ring substituents is 1. The SMILES string of the molecule is CCN(c1cccc([N+](=O)[O-])c1C)C1CCCNC1. The summed E-state index contributed by atoms with van der Waals surface area (Å²) in [6, 6.07) is 5.77. The van der Waals surface area contributed by atoms with Crippen LogP contribution in [-0.2, 0) is 0 Å². The molecule has 2 rings (SSSR count). The summed E-state index contributed by atoms with van der Waals surface area (Å²) in [5, 5.41) is 14.4. The lowest BCUT2D eigenvalue weighted by atomic mass is 10.0. The minimum Gasteiger partial charge on any atom is -0.367 e.